The van der Waals surface area contributed by atoms with Crippen LogP contribution in [0.4, 0.5) is 5.82 Å². The fourth-order valence-corrected chi connectivity index (χ4v) is 7.63. The summed E-state index contributed by atoms with van der Waals surface area (Å²) in [5.41, 5.74) is 1.79. The molecule has 14 nitrogen and oxygen atoms in total. The minimum Gasteiger partial charge on any atom is -0.497 e. The molecule has 3 heterocycles. The number of likely N-dealkylation sites (tertiary alicyclic amines) is 1. The molecule has 2 aromatic heterocycles. The molecule has 1 aliphatic carbocycles. The normalized spacial score (nSPS) is 18.4. The second-order valence-electron chi connectivity index (χ2n) is 13.7. The number of aryl methyl sites for hydroxylation is 2. The summed E-state index contributed by atoms with van der Waals surface area (Å²) in [6.45, 7) is 11.6. The Labute approximate surface area is 304 Å². The maximum atomic E-state index is 14.4. The molecule has 0 spiro atoms. The number of ether oxygens (including phenoxy) is 3. The number of methoxy groups -OCH3 is 2. The molecule has 1 saturated carbocycles. The van der Waals surface area contributed by atoms with Gasteiger partial charge < -0.3 is 29.7 Å². The van der Waals surface area contributed by atoms with E-state index in [4.69, 9.17) is 14.2 Å². The van der Waals surface area contributed by atoms with E-state index in [9.17, 15) is 22.8 Å². The molecule has 0 bridgehead atoms. The van der Waals surface area contributed by atoms with Gasteiger partial charge in [0.2, 0.25) is 39.5 Å². The zero-order chi connectivity index (χ0) is 37.7. The Morgan fingerprint density at radius 2 is 1.81 bits per heavy atom. The minimum atomic E-state index is -3.69. The summed E-state index contributed by atoms with van der Waals surface area (Å²) in [4.78, 5) is 51.6. The monoisotopic (exact) mass is 736 g/mol. The van der Waals surface area contributed by atoms with Crippen LogP contribution in [-0.2, 0) is 24.4 Å². The molecule has 5 rings (SSSR count). The summed E-state index contributed by atoms with van der Waals surface area (Å²) in [7, 11) is -0.611. The van der Waals surface area contributed by atoms with Crippen molar-refractivity contribution in [3.8, 4) is 17.5 Å². The third-order valence-corrected chi connectivity index (χ3v) is 11.0. The molecule has 52 heavy (non-hydrogen) atoms. The highest BCUT2D eigenvalue weighted by atomic mass is 32.2. The lowest BCUT2D eigenvalue weighted by atomic mass is 10.0. The van der Waals surface area contributed by atoms with Crippen LogP contribution >= 0.6 is 0 Å². The lowest BCUT2D eigenvalue weighted by Gasteiger charge is -2.31. The second kappa shape index (κ2) is 16.2. The maximum absolute atomic E-state index is 14.4. The van der Waals surface area contributed by atoms with Gasteiger partial charge in [0.25, 0.3) is 0 Å². The Morgan fingerprint density at radius 3 is 2.44 bits per heavy atom. The first-order valence-electron chi connectivity index (χ1n) is 17.4. The van der Waals surface area contributed by atoms with Crippen LogP contribution in [0.2, 0.25) is 0 Å². The van der Waals surface area contributed by atoms with E-state index >= 15 is 0 Å². The Bertz CT molecular complexity index is 1910. The van der Waals surface area contributed by atoms with E-state index in [1.807, 2.05) is 52.0 Å². The number of pyridine rings is 2. The average Bonchev–Trinajstić information content (AvgIpc) is 3.88. The molecule has 3 amide bonds. The van der Waals surface area contributed by atoms with Crippen molar-refractivity contribution in [3.63, 3.8) is 0 Å². The first-order chi connectivity index (χ1) is 24.7. The van der Waals surface area contributed by atoms with Crippen molar-refractivity contribution in [2.45, 2.75) is 89.3 Å². The molecule has 4 atom stereocenters. The van der Waals surface area contributed by atoms with E-state index in [0.29, 0.717) is 35.7 Å². The highest BCUT2D eigenvalue weighted by molar-refractivity contribution is 7.90. The van der Waals surface area contributed by atoms with Crippen molar-refractivity contribution in [2.24, 2.45) is 5.92 Å². The zero-order valence-corrected chi connectivity index (χ0v) is 31.3. The smallest absolute Gasteiger partial charge is 0.246 e. The molecule has 280 valence electrons. The SMILES string of the molecule is C=C[C@H](CCC(=O)NS(=O)(=O)C1CC1)NC(=O)[C@@H]1C[C@@H](Oc2nc(OC)cc3cc(OC)ccc23)CN1C(=O)C(Nc1cc(C)cc(C)n1)C(C)C. The Balaban J connectivity index is 1.39. The van der Waals surface area contributed by atoms with E-state index in [2.05, 4.69) is 31.9 Å². The number of anilines is 1. The van der Waals surface area contributed by atoms with Gasteiger partial charge in [0.1, 0.15) is 29.8 Å². The molecule has 1 aromatic carbocycles. The Morgan fingerprint density at radius 1 is 1.06 bits per heavy atom. The van der Waals surface area contributed by atoms with Crippen LogP contribution in [0.1, 0.15) is 57.2 Å². The van der Waals surface area contributed by atoms with Crippen molar-refractivity contribution >= 4 is 44.3 Å². The number of sulfonamides is 1. The van der Waals surface area contributed by atoms with Crippen LogP contribution in [0.25, 0.3) is 10.8 Å². The standard InChI is InChI=1S/C37H48N6O8S/c1-8-25(9-14-32(44)42-52(47,48)28-11-12-28)39-35(45)30-19-27(51-36-29-13-10-26(49-6)17-24(29)18-33(41-36)50-7)20-43(30)37(46)34(21(2)3)40-31-16-22(4)15-23(5)38-31/h8,10,13,15-18,21,25,27-28,30,34H,1,9,11-12,14,19-20H2,2-7H3,(H,38,40)(H,39,45)(H,42,44)/t25-,27-,30+,34?/m1/s1. The highest BCUT2D eigenvalue weighted by Gasteiger charge is 2.44. The van der Waals surface area contributed by atoms with Gasteiger partial charge in [-0.15, -0.1) is 6.58 Å². The number of aromatic nitrogens is 2. The molecule has 2 fully saturated rings. The molecule has 3 N–H and O–H groups in total. The van der Waals surface area contributed by atoms with Gasteiger partial charge in [0.05, 0.1) is 26.0 Å². The number of rotatable bonds is 16. The number of nitrogens with one attached hydrogen (secondary N) is 3. The number of carbonyl (C=O) groups excluding carboxylic acids is 3. The Kier molecular flexibility index (Phi) is 11.9. The average molecular weight is 737 g/mol. The van der Waals surface area contributed by atoms with Gasteiger partial charge in [-0.25, -0.2) is 13.4 Å². The summed E-state index contributed by atoms with van der Waals surface area (Å²) < 4.78 is 43.9. The fourth-order valence-electron chi connectivity index (χ4n) is 6.29. The van der Waals surface area contributed by atoms with Crippen LogP contribution in [0.15, 0.2) is 49.1 Å². The summed E-state index contributed by atoms with van der Waals surface area (Å²) in [5.74, 6) is 0.197. The van der Waals surface area contributed by atoms with Crippen LogP contribution in [0, 0.1) is 19.8 Å². The molecular formula is C37H48N6O8S. The van der Waals surface area contributed by atoms with E-state index in [1.165, 1.54) is 18.1 Å². The predicted octanol–water partition coefficient (Wildman–Crippen LogP) is 3.81. The first kappa shape index (κ1) is 38.3. The lowest BCUT2D eigenvalue weighted by Crippen LogP contribution is -2.53. The number of hydrogen-bond donors (Lipinski definition) is 3. The number of amides is 3. The summed E-state index contributed by atoms with van der Waals surface area (Å²) in [6, 6.07) is 8.69. The molecule has 15 heteroatoms. The number of hydrogen-bond acceptors (Lipinski definition) is 11. The fraction of sp³-hybridized carbons (Fsp3) is 0.486. The quantitative estimate of drug-likeness (QED) is 0.182. The van der Waals surface area contributed by atoms with E-state index < -0.39 is 51.3 Å². The molecule has 1 saturated heterocycles. The van der Waals surface area contributed by atoms with Crippen molar-refractivity contribution in [3.05, 3.63) is 60.3 Å². The van der Waals surface area contributed by atoms with Crippen LogP contribution < -0.4 is 29.6 Å². The van der Waals surface area contributed by atoms with Crippen LogP contribution in [-0.4, -0.2) is 91.3 Å². The maximum Gasteiger partial charge on any atom is 0.246 e. The van der Waals surface area contributed by atoms with E-state index in [1.54, 1.807) is 19.2 Å². The number of nitrogens with zero attached hydrogens (tertiary/aromatic N) is 3. The number of carbonyl (C=O) groups is 3. The topological polar surface area (TPSA) is 178 Å². The highest BCUT2D eigenvalue weighted by Crippen LogP contribution is 2.34. The van der Waals surface area contributed by atoms with Gasteiger partial charge in [-0.3, -0.25) is 19.1 Å². The van der Waals surface area contributed by atoms with Gasteiger partial charge in [0, 0.05) is 36.0 Å². The first-order valence-corrected chi connectivity index (χ1v) is 18.9. The molecule has 0 radical (unpaired) electrons. The molecule has 1 aliphatic heterocycles. The van der Waals surface area contributed by atoms with Crippen molar-refractivity contribution in [1.82, 2.24) is 24.9 Å². The van der Waals surface area contributed by atoms with Crippen LogP contribution in [0.5, 0.6) is 17.5 Å². The van der Waals surface area contributed by atoms with Gasteiger partial charge in [-0.2, -0.15) is 4.98 Å². The zero-order valence-electron chi connectivity index (χ0n) is 30.5. The summed E-state index contributed by atoms with van der Waals surface area (Å²) >= 11 is 0. The predicted molar refractivity (Wildman–Crippen MR) is 197 cm³/mol. The molecular weight excluding hydrogens is 689 g/mol. The van der Waals surface area contributed by atoms with E-state index in [0.717, 1.165) is 16.6 Å². The van der Waals surface area contributed by atoms with Crippen molar-refractivity contribution < 1.29 is 37.0 Å². The van der Waals surface area contributed by atoms with Gasteiger partial charge in [-0.05, 0) is 80.3 Å². The third-order valence-electron chi connectivity index (χ3n) is 9.16. The van der Waals surface area contributed by atoms with Crippen molar-refractivity contribution in [2.75, 3.05) is 26.1 Å². The largest absolute Gasteiger partial charge is 0.497 e. The van der Waals surface area contributed by atoms with Gasteiger partial charge in [0.15, 0.2) is 0 Å². The van der Waals surface area contributed by atoms with Gasteiger partial charge >= 0.3 is 0 Å². The van der Waals surface area contributed by atoms with Gasteiger partial charge in [-0.1, -0.05) is 19.9 Å². The van der Waals surface area contributed by atoms with E-state index in [-0.39, 0.29) is 43.5 Å². The number of benzene rings is 1. The summed E-state index contributed by atoms with van der Waals surface area (Å²) in [5, 5.41) is 7.15. The lowest BCUT2D eigenvalue weighted by molar-refractivity contribution is -0.140. The molecule has 2 aliphatic rings. The second-order valence-corrected chi connectivity index (χ2v) is 15.7. The minimum absolute atomic E-state index is 0.0822. The summed E-state index contributed by atoms with van der Waals surface area (Å²) in [6.07, 6.45) is 2.02. The van der Waals surface area contributed by atoms with Crippen LogP contribution in [0.3, 0.4) is 0 Å². The molecule has 1 unspecified atom stereocenters. The van der Waals surface area contributed by atoms with Crippen molar-refractivity contribution in [1.29, 1.82) is 0 Å². The third kappa shape index (κ3) is 9.29. The number of fused-ring (bicyclic) bond motifs is 1. The molecule has 3 aromatic rings. The Hall–Kier alpha value is -4.92.